The zero-order chi connectivity index (χ0) is 15.4. The minimum absolute atomic E-state index is 0.630. The van der Waals surface area contributed by atoms with Crippen molar-refractivity contribution in [2.45, 2.75) is 38.9 Å². The second-order valence-corrected chi connectivity index (χ2v) is 6.44. The van der Waals surface area contributed by atoms with Crippen LogP contribution in [0.15, 0.2) is 46.9 Å². The number of aryl methyl sites for hydroxylation is 1. The number of nitrogens with zero attached hydrogens (tertiary/aromatic N) is 2. The second kappa shape index (κ2) is 7.12. The highest BCUT2D eigenvalue weighted by molar-refractivity contribution is 5.14. The van der Waals surface area contributed by atoms with Crippen LogP contribution >= 0.6 is 0 Å². The summed E-state index contributed by atoms with van der Waals surface area (Å²) in [6.45, 7) is 6.28. The molecule has 1 aliphatic rings. The van der Waals surface area contributed by atoms with Gasteiger partial charge in [-0.05, 0) is 51.1 Å². The highest BCUT2D eigenvalue weighted by Gasteiger charge is 2.23. The van der Waals surface area contributed by atoms with Crippen molar-refractivity contribution in [3.05, 3.63) is 59.5 Å². The molecule has 1 fully saturated rings. The highest BCUT2D eigenvalue weighted by atomic mass is 16.3. The van der Waals surface area contributed by atoms with Gasteiger partial charge in [0.05, 0.1) is 6.54 Å². The average Bonchev–Trinajstić information content (AvgIpc) is 2.93. The molecule has 118 valence electrons. The number of benzene rings is 1. The van der Waals surface area contributed by atoms with Crippen LogP contribution in [0.4, 0.5) is 0 Å². The fourth-order valence-corrected chi connectivity index (χ4v) is 3.33. The maximum atomic E-state index is 5.72. The van der Waals surface area contributed by atoms with E-state index in [9.17, 15) is 0 Å². The van der Waals surface area contributed by atoms with Crippen LogP contribution in [0.1, 0.15) is 29.9 Å². The van der Waals surface area contributed by atoms with E-state index in [1.807, 2.05) is 6.92 Å². The topological polar surface area (TPSA) is 19.6 Å². The van der Waals surface area contributed by atoms with Gasteiger partial charge in [-0.15, -0.1) is 0 Å². The van der Waals surface area contributed by atoms with E-state index in [4.69, 9.17) is 4.42 Å². The molecule has 0 bridgehead atoms. The Balaban J connectivity index is 1.55. The van der Waals surface area contributed by atoms with Crippen molar-refractivity contribution >= 4 is 0 Å². The lowest BCUT2D eigenvalue weighted by molar-refractivity contribution is 0.102. The Bertz CT molecular complexity index is 578. The molecule has 0 spiro atoms. The lowest BCUT2D eigenvalue weighted by Gasteiger charge is -2.37. The number of piperidine rings is 1. The van der Waals surface area contributed by atoms with Gasteiger partial charge in [0.15, 0.2) is 0 Å². The van der Waals surface area contributed by atoms with Crippen molar-refractivity contribution in [2.24, 2.45) is 0 Å². The van der Waals surface area contributed by atoms with Crippen molar-refractivity contribution in [1.29, 1.82) is 0 Å². The molecule has 1 atom stereocenters. The molecular weight excluding hydrogens is 272 g/mol. The molecule has 22 heavy (non-hydrogen) atoms. The van der Waals surface area contributed by atoms with Crippen molar-refractivity contribution in [3.8, 4) is 0 Å². The first kappa shape index (κ1) is 15.3. The van der Waals surface area contributed by atoms with E-state index in [1.54, 1.807) is 0 Å². The number of likely N-dealkylation sites (N-methyl/N-ethyl adjacent to an activating group) is 1. The van der Waals surface area contributed by atoms with E-state index in [-0.39, 0.29) is 0 Å². The largest absolute Gasteiger partial charge is 0.465 e. The lowest BCUT2D eigenvalue weighted by atomic mass is 10.0. The van der Waals surface area contributed by atoms with E-state index >= 15 is 0 Å². The summed E-state index contributed by atoms with van der Waals surface area (Å²) < 4.78 is 5.72. The zero-order valence-corrected chi connectivity index (χ0v) is 13.7. The Labute approximate surface area is 133 Å². The minimum Gasteiger partial charge on any atom is -0.465 e. The Kier molecular flexibility index (Phi) is 4.96. The normalized spacial score (nSPS) is 19.7. The van der Waals surface area contributed by atoms with Gasteiger partial charge in [-0.25, -0.2) is 0 Å². The van der Waals surface area contributed by atoms with Gasteiger partial charge in [-0.1, -0.05) is 30.3 Å². The third kappa shape index (κ3) is 3.99. The van der Waals surface area contributed by atoms with Crippen molar-refractivity contribution in [2.75, 3.05) is 20.1 Å². The number of furan rings is 1. The molecule has 0 unspecified atom stereocenters. The molecule has 2 aromatic rings. The third-order valence-electron chi connectivity index (χ3n) is 4.55. The van der Waals surface area contributed by atoms with Crippen LogP contribution in [0.25, 0.3) is 0 Å². The summed E-state index contributed by atoms with van der Waals surface area (Å²) in [4.78, 5) is 5.02. The highest BCUT2D eigenvalue weighted by Crippen LogP contribution is 2.19. The smallest absolute Gasteiger partial charge is 0.118 e. The summed E-state index contributed by atoms with van der Waals surface area (Å²) in [5, 5.41) is 0. The molecule has 0 aliphatic carbocycles. The number of rotatable bonds is 5. The van der Waals surface area contributed by atoms with Crippen molar-refractivity contribution < 1.29 is 4.42 Å². The molecule has 3 heteroatoms. The first-order chi connectivity index (χ1) is 10.7. The van der Waals surface area contributed by atoms with E-state index in [1.165, 1.54) is 24.9 Å². The molecule has 2 heterocycles. The average molecular weight is 298 g/mol. The van der Waals surface area contributed by atoms with Crippen molar-refractivity contribution in [1.82, 2.24) is 9.80 Å². The van der Waals surface area contributed by atoms with Gasteiger partial charge in [-0.2, -0.15) is 0 Å². The molecule has 3 rings (SSSR count). The summed E-state index contributed by atoms with van der Waals surface area (Å²) in [6, 6.07) is 15.5. The van der Waals surface area contributed by atoms with Gasteiger partial charge in [0.2, 0.25) is 0 Å². The van der Waals surface area contributed by atoms with Crippen LogP contribution < -0.4 is 0 Å². The first-order valence-corrected chi connectivity index (χ1v) is 8.22. The van der Waals surface area contributed by atoms with Crippen LogP contribution in [-0.2, 0) is 13.1 Å². The second-order valence-electron chi connectivity index (χ2n) is 6.44. The van der Waals surface area contributed by atoms with Gasteiger partial charge in [0.1, 0.15) is 11.5 Å². The molecular formula is C19H26N2O. The maximum Gasteiger partial charge on any atom is 0.118 e. The summed E-state index contributed by atoms with van der Waals surface area (Å²) in [5.41, 5.74) is 1.39. The fourth-order valence-electron chi connectivity index (χ4n) is 3.33. The van der Waals surface area contributed by atoms with E-state index in [0.717, 1.165) is 31.2 Å². The molecule has 0 amide bonds. The Morgan fingerprint density at radius 2 is 2.00 bits per heavy atom. The van der Waals surface area contributed by atoms with Crippen LogP contribution in [0.3, 0.4) is 0 Å². The van der Waals surface area contributed by atoms with Crippen LogP contribution in [0.5, 0.6) is 0 Å². The predicted octanol–water partition coefficient (Wildman–Crippen LogP) is 3.68. The van der Waals surface area contributed by atoms with Crippen LogP contribution in [0, 0.1) is 6.92 Å². The van der Waals surface area contributed by atoms with E-state index in [2.05, 4.69) is 59.3 Å². The predicted molar refractivity (Wildman–Crippen MR) is 89.7 cm³/mol. The number of hydrogen-bond donors (Lipinski definition) is 0. The Morgan fingerprint density at radius 1 is 1.18 bits per heavy atom. The first-order valence-electron chi connectivity index (χ1n) is 8.22. The maximum absolute atomic E-state index is 5.72. The molecule has 1 aromatic carbocycles. The van der Waals surface area contributed by atoms with Gasteiger partial charge in [0.25, 0.3) is 0 Å². The molecule has 0 N–H and O–H groups in total. The molecule has 0 saturated carbocycles. The zero-order valence-electron chi connectivity index (χ0n) is 13.7. The molecule has 1 saturated heterocycles. The summed E-state index contributed by atoms with van der Waals surface area (Å²) in [5.74, 6) is 2.09. The van der Waals surface area contributed by atoms with E-state index in [0.29, 0.717) is 6.04 Å². The van der Waals surface area contributed by atoms with Gasteiger partial charge >= 0.3 is 0 Å². The minimum atomic E-state index is 0.630. The SMILES string of the molecule is Cc1ccc(CN2CCC[C@H](N(C)Cc3ccccc3)C2)o1. The monoisotopic (exact) mass is 298 g/mol. The standard InChI is InChI=1S/C19H26N2O/c1-16-10-11-19(22-16)15-21-12-6-9-18(14-21)20(2)13-17-7-4-3-5-8-17/h3-5,7-8,10-11,18H,6,9,12-15H2,1-2H3/t18-/m0/s1. The molecule has 1 aromatic heterocycles. The fraction of sp³-hybridized carbons (Fsp3) is 0.474. The Hall–Kier alpha value is -1.58. The lowest BCUT2D eigenvalue weighted by Crippen LogP contribution is -2.45. The molecule has 1 aliphatic heterocycles. The Morgan fingerprint density at radius 3 is 2.73 bits per heavy atom. The molecule has 3 nitrogen and oxygen atoms in total. The van der Waals surface area contributed by atoms with Gasteiger partial charge < -0.3 is 4.42 Å². The van der Waals surface area contributed by atoms with Crippen LogP contribution in [0.2, 0.25) is 0 Å². The summed E-state index contributed by atoms with van der Waals surface area (Å²) >= 11 is 0. The van der Waals surface area contributed by atoms with Gasteiger partial charge in [0, 0.05) is 19.1 Å². The van der Waals surface area contributed by atoms with Gasteiger partial charge in [-0.3, -0.25) is 9.80 Å². The number of hydrogen-bond acceptors (Lipinski definition) is 3. The van der Waals surface area contributed by atoms with E-state index < -0.39 is 0 Å². The summed E-state index contributed by atoms with van der Waals surface area (Å²) in [6.07, 6.45) is 2.56. The number of likely N-dealkylation sites (tertiary alicyclic amines) is 1. The molecule has 0 radical (unpaired) electrons. The van der Waals surface area contributed by atoms with Crippen molar-refractivity contribution in [3.63, 3.8) is 0 Å². The third-order valence-corrected chi connectivity index (χ3v) is 4.55. The van der Waals surface area contributed by atoms with Crippen LogP contribution in [-0.4, -0.2) is 36.0 Å². The quantitative estimate of drug-likeness (QED) is 0.839. The summed E-state index contributed by atoms with van der Waals surface area (Å²) in [7, 11) is 2.25.